The normalized spacial score (nSPS) is 12.5. The zero-order valence-corrected chi connectivity index (χ0v) is 13.5. The number of sulfonamides is 1. The lowest BCUT2D eigenvalue weighted by Crippen LogP contribution is -2.26. The predicted octanol–water partition coefficient (Wildman–Crippen LogP) is 0.744. The summed E-state index contributed by atoms with van der Waals surface area (Å²) in [6, 6.07) is 4.27. The van der Waals surface area contributed by atoms with Gasteiger partial charge in [-0.1, -0.05) is 0 Å². The van der Waals surface area contributed by atoms with Crippen LogP contribution >= 0.6 is 15.9 Å². The van der Waals surface area contributed by atoms with Crippen LogP contribution in [-0.4, -0.2) is 35.4 Å². The maximum Gasteiger partial charge on any atom is 0.240 e. The van der Waals surface area contributed by atoms with Gasteiger partial charge in [-0.15, -0.1) is 0 Å². The van der Waals surface area contributed by atoms with E-state index in [4.69, 9.17) is 5.73 Å². The number of hydrogen-bond acceptors (Lipinski definition) is 5. The Balaban J connectivity index is 2.68. The van der Waals surface area contributed by atoms with E-state index in [-0.39, 0.29) is 23.6 Å². The smallest absolute Gasteiger partial charge is 0.240 e. The van der Waals surface area contributed by atoms with E-state index in [0.29, 0.717) is 10.2 Å². The van der Waals surface area contributed by atoms with E-state index in [9.17, 15) is 16.8 Å². The van der Waals surface area contributed by atoms with Gasteiger partial charge in [-0.3, -0.25) is 0 Å². The molecule has 0 saturated carbocycles. The zero-order valence-electron chi connectivity index (χ0n) is 10.3. The quantitative estimate of drug-likeness (QED) is 0.567. The number of halogens is 1. The zero-order chi connectivity index (χ0) is 14.7. The molecule has 0 aromatic heterocycles. The lowest BCUT2D eigenvalue weighted by molar-refractivity contribution is 0.577. The number of benzene rings is 1. The molecule has 0 aliphatic rings. The summed E-state index contributed by atoms with van der Waals surface area (Å²) in [4.78, 5) is 0.0768. The van der Waals surface area contributed by atoms with Crippen molar-refractivity contribution in [2.24, 2.45) is 0 Å². The van der Waals surface area contributed by atoms with Gasteiger partial charge in [-0.05, 0) is 40.5 Å². The molecule has 0 fully saturated rings. The molecule has 0 saturated heterocycles. The Bertz CT molecular complexity index is 656. The number of nitrogens with two attached hydrogens (primary N) is 1. The summed E-state index contributed by atoms with van der Waals surface area (Å²) >= 11 is 3.15. The number of nitrogen functional groups attached to an aromatic ring is 1. The molecule has 1 aromatic rings. The number of rotatable bonds is 6. The first-order chi connectivity index (χ1) is 8.62. The standard InChI is InChI=1S/C10H15BrN2O4S2/c1-18(14,15)6-2-5-13-19(16,17)8-3-4-10(12)9(11)7-8/h3-4,7,13H,2,5-6,12H2,1H3. The van der Waals surface area contributed by atoms with Crippen LogP contribution < -0.4 is 10.5 Å². The molecule has 0 aliphatic heterocycles. The van der Waals surface area contributed by atoms with E-state index in [1.807, 2.05) is 0 Å². The molecular formula is C10H15BrN2O4S2. The molecule has 0 aliphatic carbocycles. The van der Waals surface area contributed by atoms with Gasteiger partial charge in [-0.2, -0.15) is 0 Å². The van der Waals surface area contributed by atoms with Crippen molar-refractivity contribution in [3.63, 3.8) is 0 Å². The average Bonchev–Trinajstić information content (AvgIpc) is 2.27. The summed E-state index contributed by atoms with van der Waals surface area (Å²) in [6.07, 6.45) is 1.34. The van der Waals surface area contributed by atoms with Crippen LogP contribution in [0.15, 0.2) is 27.6 Å². The third-order valence-electron chi connectivity index (χ3n) is 2.27. The van der Waals surface area contributed by atoms with Crippen LogP contribution in [0.25, 0.3) is 0 Å². The molecule has 19 heavy (non-hydrogen) atoms. The van der Waals surface area contributed by atoms with Gasteiger partial charge in [0, 0.05) is 23.0 Å². The van der Waals surface area contributed by atoms with Crippen LogP contribution in [0.2, 0.25) is 0 Å². The minimum absolute atomic E-state index is 0.0546. The molecule has 1 rings (SSSR count). The average molecular weight is 371 g/mol. The lowest BCUT2D eigenvalue weighted by atomic mass is 10.3. The highest BCUT2D eigenvalue weighted by Crippen LogP contribution is 2.22. The Labute approximate surface area is 121 Å². The van der Waals surface area contributed by atoms with Crippen LogP contribution in [0.5, 0.6) is 0 Å². The maximum atomic E-state index is 11.9. The summed E-state index contributed by atoms with van der Waals surface area (Å²) in [5.41, 5.74) is 6.01. The minimum Gasteiger partial charge on any atom is -0.398 e. The van der Waals surface area contributed by atoms with Crippen molar-refractivity contribution >= 4 is 41.5 Å². The second-order valence-corrected chi connectivity index (χ2v) is 8.95. The summed E-state index contributed by atoms with van der Waals surface area (Å²) in [6.45, 7) is 0.0669. The van der Waals surface area contributed by atoms with Crippen LogP contribution in [-0.2, 0) is 19.9 Å². The molecular weight excluding hydrogens is 356 g/mol. The third kappa shape index (κ3) is 5.47. The highest BCUT2D eigenvalue weighted by Gasteiger charge is 2.14. The van der Waals surface area contributed by atoms with E-state index in [0.717, 1.165) is 6.26 Å². The van der Waals surface area contributed by atoms with Crippen molar-refractivity contribution in [3.05, 3.63) is 22.7 Å². The molecule has 0 atom stereocenters. The molecule has 0 unspecified atom stereocenters. The van der Waals surface area contributed by atoms with Crippen LogP contribution in [0.4, 0.5) is 5.69 Å². The van der Waals surface area contributed by atoms with Crippen LogP contribution in [0.1, 0.15) is 6.42 Å². The van der Waals surface area contributed by atoms with E-state index in [2.05, 4.69) is 20.7 Å². The van der Waals surface area contributed by atoms with E-state index in [1.54, 1.807) is 0 Å². The van der Waals surface area contributed by atoms with Gasteiger partial charge >= 0.3 is 0 Å². The summed E-state index contributed by atoms with van der Waals surface area (Å²) in [5.74, 6) is -0.0546. The predicted molar refractivity (Wildman–Crippen MR) is 78.1 cm³/mol. The van der Waals surface area contributed by atoms with E-state index >= 15 is 0 Å². The third-order valence-corrected chi connectivity index (χ3v) is 5.44. The Kier molecular flexibility index (Phi) is 5.36. The van der Waals surface area contributed by atoms with Gasteiger partial charge in [-0.25, -0.2) is 21.6 Å². The van der Waals surface area contributed by atoms with Gasteiger partial charge < -0.3 is 5.73 Å². The van der Waals surface area contributed by atoms with Gasteiger partial charge in [0.15, 0.2) is 0 Å². The van der Waals surface area contributed by atoms with Crippen LogP contribution in [0.3, 0.4) is 0 Å². The van der Waals surface area contributed by atoms with E-state index < -0.39 is 19.9 Å². The molecule has 3 N–H and O–H groups in total. The molecule has 108 valence electrons. The highest BCUT2D eigenvalue weighted by atomic mass is 79.9. The summed E-state index contributed by atoms with van der Waals surface area (Å²) < 4.78 is 48.4. The second-order valence-electron chi connectivity index (χ2n) is 4.06. The molecule has 6 nitrogen and oxygen atoms in total. The van der Waals surface area contributed by atoms with Crippen molar-refractivity contribution in [1.82, 2.24) is 4.72 Å². The van der Waals surface area contributed by atoms with Gasteiger partial charge in [0.25, 0.3) is 0 Å². The SMILES string of the molecule is CS(=O)(=O)CCCNS(=O)(=O)c1ccc(N)c(Br)c1. The maximum absolute atomic E-state index is 11.9. The van der Waals surface area contributed by atoms with Crippen molar-refractivity contribution in [2.75, 3.05) is 24.3 Å². The fraction of sp³-hybridized carbons (Fsp3) is 0.400. The monoisotopic (exact) mass is 370 g/mol. The van der Waals surface area contributed by atoms with Gasteiger partial charge in [0.1, 0.15) is 9.84 Å². The Morgan fingerprint density at radius 2 is 1.89 bits per heavy atom. The Hall–Kier alpha value is -0.640. The van der Waals surface area contributed by atoms with E-state index in [1.165, 1.54) is 18.2 Å². The second kappa shape index (κ2) is 6.21. The summed E-state index contributed by atoms with van der Waals surface area (Å²) in [7, 11) is -6.73. The molecule has 0 spiro atoms. The number of nitrogens with one attached hydrogen (secondary N) is 1. The van der Waals surface area contributed by atoms with Crippen molar-refractivity contribution < 1.29 is 16.8 Å². The molecule has 0 radical (unpaired) electrons. The Morgan fingerprint density at radius 3 is 2.42 bits per heavy atom. The van der Waals surface area contributed by atoms with Gasteiger partial charge in [0.2, 0.25) is 10.0 Å². The highest BCUT2D eigenvalue weighted by molar-refractivity contribution is 9.10. The molecule has 0 heterocycles. The lowest BCUT2D eigenvalue weighted by Gasteiger charge is -2.07. The minimum atomic E-state index is -3.65. The number of anilines is 1. The molecule has 9 heteroatoms. The topological polar surface area (TPSA) is 106 Å². The number of hydrogen-bond donors (Lipinski definition) is 2. The van der Waals surface area contributed by atoms with Crippen molar-refractivity contribution in [2.45, 2.75) is 11.3 Å². The van der Waals surface area contributed by atoms with Gasteiger partial charge in [0.05, 0.1) is 10.6 Å². The first-order valence-electron chi connectivity index (χ1n) is 5.34. The van der Waals surface area contributed by atoms with Crippen molar-refractivity contribution in [3.8, 4) is 0 Å². The molecule has 0 bridgehead atoms. The first kappa shape index (κ1) is 16.4. The molecule has 1 aromatic carbocycles. The number of sulfone groups is 1. The van der Waals surface area contributed by atoms with Crippen LogP contribution in [0, 0.1) is 0 Å². The fourth-order valence-electron chi connectivity index (χ4n) is 1.30. The first-order valence-corrected chi connectivity index (χ1v) is 9.68. The fourth-order valence-corrected chi connectivity index (χ4v) is 3.60. The van der Waals surface area contributed by atoms with Crippen molar-refractivity contribution in [1.29, 1.82) is 0 Å². The Morgan fingerprint density at radius 1 is 1.26 bits per heavy atom. The summed E-state index contributed by atoms with van der Waals surface area (Å²) in [5, 5.41) is 0. The largest absolute Gasteiger partial charge is 0.398 e. The molecule has 0 amide bonds.